The van der Waals surface area contributed by atoms with Gasteiger partial charge in [-0.25, -0.2) is 0 Å². The largest absolute Gasteiger partial charge is 0.246 e. The lowest BCUT2D eigenvalue weighted by Crippen LogP contribution is -2.50. The summed E-state index contributed by atoms with van der Waals surface area (Å²) in [7, 11) is 0. The molecule has 0 unspecified atom stereocenters. The highest BCUT2D eigenvalue weighted by atomic mass is 14.3. The van der Waals surface area contributed by atoms with Gasteiger partial charge in [0.15, 0.2) is 0 Å². The van der Waals surface area contributed by atoms with Crippen molar-refractivity contribution in [1.29, 1.82) is 0 Å². The van der Waals surface area contributed by atoms with Crippen LogP contribution in [0.25, 0.3) is 119 Å². The molecular formula is C64H36B2. The molecule has 16 rings (SSSR count). The Labute approximate surface area is 381 Å². The molecule has 0 N–H and O–H groups in total. The molecule has 2 heteroatoms. The monoisotopic (exact) mass is 826 g/mol. The summed E-state index contributed by atoms with van der Waals surface area (Å²) in [6.07, 6.45) is 0. The van der Waals surface area contributed by atoms with Gasteiger partial charge < -0.3 is 0 Å². The van der Waals surface area contributed by atoms with Crippen molar-refractivity contribution in [1.82, 2.24) is 0 Å². The van der Waals surface area contributed by atoms with E-state index in [0.29, 0.717) is 0 Å². The average Bonchev–Trinajstić information content (AvgIpc) is 3.89. The topological polar surface area (TPSA) is 0 Å². The van der Waals surface area contributed by atoms with E-state index < -0.39 is 0 Å². The van der Waals surface area contributed by atoms with Crippen LogP contribution < -0.4 is 32.8 Å². The van der Waals surface area contributed by atoms with E-state index >= 15 is 0 Å². The van der Waals surface area contributed by atoms with Crippen LogP contribution in [0.2, 0.25) is 0 Å². The van der Waals surface area contributed by atoms with Gasteiger partial charge in [0.2, 0.25) is 13.4 Å². The molecule has 14 aromatic carbocycles. The van der Waals surface area contributed by atoms with Crippen molar-refractivity contribution in [2.24, 2.45) is 0 Å². The van der Waals surface area contributed by atoms with Gasteiger partial charge in [-0.1, -0.05) is 227 Å². The molecule has 0 spiro atoms. The molecule has 0 saturated carbocycles. The smallest absolute Gasteiger partial charge is 0.0616 e. The van der Waals surface area contributed by atoms with E-state index in [0.717, 1.165) is 0 Å². The molecule has 298 valence electrons. The third-order valence-electron chi connectivity index (χ3n) is 15.9. The first-order valence-electron chi connectivity index (χ1n) is 23.4. The Bertz CT molecular complexity index is 4090. The molecule has 0 saturated heterocycles. The molecule has 0 amide bonds. The van der Waals surface area contributed by atoms with Gasteiger partial charge in [0.1, 0.15) is 0 Å². The molecule has 2 aliphatic rings. The maximum absolute atomic E-state index is 2.54. The second-order valence-electron chi connectivity index (χ2n) is 18.9. The van der Waals surface area contributed by atoms with Crippen molar-refractivity contribution < 1.29 is 0 Å². The highest BCUT2D eigenvalue weighted by Gasteiger charge is 2.41. The molecule has 0 fully saturated rings. The van der Waals surface area contributed by atoms with E-state index in [1.807, 2.05) is 0 Å². The predicted molar refractivity (Wildman–Crippen MR) is 288 cm³/mol. The van der Waals surface area contributed by atoms with Crippen LogP contribution in [0.15, 0.2) is 218 Å². The van der Waals surface area contributed by atoms with E-state index in [1.54, 1.807) is 0 Å². The van der Waals surface area contributed by atoms with Crippen molar-refractivity contribution in [3.05, 3.63) is 218 Å². The second-order valence-corrected chi connectivity index (χ2v) is 18.9. The van der Waals surface area contributed by atoms with E-state index in [2.05, 4.69) is 218 Å². The minimum absolute atomic E-state index is 0.0257. The van der Waals surface area contributed by atoms with Gasteiger partial charge >= 0.3 is 0 Å². The zero-order chi connectivity index (χ0) is 42.8. The Balaban J connectivity index is 1.06. The summed E-state index contributed by atoms with van der Waals surface area (Å²) in [5, 5.41) is 23.8. The van der Waals surface area contributed by atoms with Crippen LogP contribution in [0.1, 0.15) is 0 Å². The first kappa shape index (κ1) is 35.2. The number of fused-ring (bicyclic) bond motifs is 16. The zero-order valence-corrected chi connectivity index (χ0v) is 35.9. The van der Waals surface area contributed by atoms with Crippen LogP contribution >= 0.6 is 0 Å². The zero-order valence-electron chi connectivity index (χ0n) is 35.9. The summed E-state index contributed by atoms with van der Waals surface area (Å²) in [4.78, 5) is 0. The van der Waals surface area contributed by atoms with E-state index in [4.69, 9.17) is 0 Å². The molecule has 66 heavy (non-hydrogen) atoms. The molecule has 0 aromatic heterocycles. The van der Waals surface area contributed by atoms with Crippen molar-refractivity contribution >= 4 is 143 Å². The minimum Gasteiger partial charge on any atom is -0.0616 e. The van der Waals surface area contributed by atoms with Crippen LogP contribution in [-0.4, -0.2) is 13.4 Å². The third-order valence-corrected chi connectivity index (χ3v) is 15.9. The lowest BCUT2D eigenvalue weighted by molar-refractivity contribution is 1.75. The summed E-state index contributed by atoms with van der Waals surface area (Å²) in [5.74, 6) is 0. The van der Waals surface area contributed by atoms with Gasteiger partial charge in [0.25, 0.3) is 0 Å². The van der Waals surface area contributed by atoms with Crippen LogP contribution in [0.4, 0.5) is 0 Å². The number of benzene rings is 14. The van der Waals surface area contributed by atoms with Crippen molar-refractivity contribution in [3.8, 4) is 22.3 Å². The summed E-state index contributed by atoms with van der Waals surface area (Å²) in [6.45, 7) is 0.0515. The first-order chi connectivity index (χ1) is 32.8. The van der Waals surface area contributed by atoms with Crippen LogP contribution in [0.3, 0.4) is 0 Å². The lowest BCUT2D eigenvalue weighted by Gasteiger charge is -2.23. The molecule has 0 radical (unpaired) electrons. The third kappa shape index (κ3) is 4.46. The summed E-state index contributed by atoms with van der Waals surface area (Å²) >= 11 is 0. The van der Waals surface area contributed by atoms with Gasteiger partial charge in [0.05, 0.1) is 0 Å². The minimum atomic E-state index is 0.0257. The molecule has 0 atom stereocenters. The number of hydrogen-bond donors (Lipinski definition) is 0. The van der Waals surface area contributed by atoms with Crippen LogP contribution in [0, 0.1) is 0 Å². The summed E-state index contributed by atoms with van der Waals surface area (Å²) < 4.78 is 0. The van der Waals surface area contributed by atoms with E-state index in [-0.39, 0.29) is 13.4 Å². The van der Waals surface area contributed by atoms with Gasteiger partial charge in [-0.15, -0.1) is 0 Å². The molecule has 14 aromatic rings. The Hall–Kier alpha value is -8.19. The number of rotatable bonds is 2. The van der Waals surface area contributed by atoms with Crippen LogP contribution in [-0.2, 0) is 0 Å². The highest BCUT2D eigenvalue weighted by molar-refractivity contribution is 7.05. The fourth-order valence-electron chi connectivity index (χ4n) is 13.3. The Kier molecular flexibility index (Phi) is 6.80. The van der Waals surface area contributed by atoms with Crippen LogP contribution in [0.5, 0.6) is 0 Å². The molecule has 0 bridgehead atoms. The Morgan fingerprint density at radius 2 is 0.470 bits per heavy atom. The maximum Gasteiger partial charge on any atom is 0.246 e. The maximum atomic E-state index is 2.54. The van der Waals surface area contributed by atoms with Crippen molar-refractivity contribution in [3.63, 3.8) is 0 Å². The fourth-order valence-corrected chi connectivity index (χ4v) is 13.3. The van der Waals surface area contributed by atoms with E-state index in [9.17, 15) is 0 Å². The first-order valence-corrected chi connectivity index (χ1v) is 23.4. The van der Waals surface area contributed by atoms with Gasteiger partial charge in [0, 0.05) is 0 Å². The molecule has 2 heterocycles. The van der Waals surface area contributed by atoms with E-state index in [1.165, 1.54) is 152 Å². The lowest BCUT2D eigenvalue weighted by atomic mass is 9.36. The molecule has 2 aliphatic heterocycles. The van der Waals surface area contributed by atoms with Gasteiger partial charge in [-0.3, -0.25) is 0 Å². The summed E-state index contributed by atoms with van der Waals surface area (Å²) in [6, 6.07) is 83.6. The van der Waals surface area contributed by atoms with Gasteiger partial charge in [-0.05, 0) is 143 Å². The van der Waals surface area contributed by atoms with Crippen molar-refractivity contribution in [2.75, 3.05) is 0 Å². The predicted octanol–water partition coefficient (Wildman–Crippen LogP) is 12.5. The molecular weight excluding hydrogens is 790 g/mol. The fraction of sp³-hybridized carbons (Fsp3) is 0. The van der Waals surface area contributed by atoms with Gasteiger partial charge in [-0.2, -0.15) is 0 Å². The SMILES string of the molecule is c1ccc2c3c(ccc2c1)-c1cc2ccc4c5c(cc6ccc(c1B3c1c3ccccc3cc3ccccc13)c2c64)-c1ccc2ccccc2c1B5c1c2ccccc2cc2ccccc12. The standard InChI is InChI=1S/C64H36B2/c1-7-19-45-37(13-1)25-29-51-55-35-43-28-32-54-58-44(27-31-53(57(43)58)63(55)65(61(45)51)59-47-21-9-3-15-39(47)33-40-16-4-10-22-48(40)59)36-56-52-30-26-38-14-2-8-20-46(38)62(52)66(64(54)56)60-49-23-11-5-17-41(49)34-42-18-6-12-24-50(42)60/h1-36H. The Morgan fingerprint density at radius 1 is 0.182 bits per heavy atom. The quantitative estimate of drug-likeness (QED) is 0.0925. The highest BCUT2D eigenvalue weighted by Crippen LogP contribution is 2.43. The van der Waals surface area contributed by atoms with Crippen molar-refractivity contribution in [2.45, 2.75) is 0 Å². The summed E-state index contributed by atoms with van der Waals surface area (Å²) in [5.41, 5.74) is 13.9. The Morgan fingerprint density at radius 3 is 0.833 bits per heavy atom. The average molecular weight is 827 g/mol. The second kappa shape index (κ2) is 12.7. The number of hydrogen-bond acceptors (Lipinski definition) is 0. The molecule has 0 nitrogen and oxygen atoms in total. The molecule has 0 aliphatic carbocycles. The normalized spacial score (nSPS) is 13.1.